The first-order valence-corrected chi connectivity index (χ1v) is 9.36. The van der Waals surface area contributed by atoms with Crippen LogP contribution in [0.5, 0.6) is 5.75 Å². The highest BCUT2D eigenvalue weighted by Gasteiger charge is 2.13. The van der Waals surface area contributed by atoms with Crippen LogP contribution in [0.15, 0.2) is 84.4 Å². The number of ether oxygens (including phenoxy) is 1. The summed E-state index contributed by atoms with van der Waals surface area (Å²) in [6.45, 7) is 1.84. The molecule has 0 atom stereocenters. The highest BCUT2D eigenvalue weighted by atomic mass is 16.5. The topological polar surface area (TPSA) is 79.2 Å². The zero-order valence-corrected chi connectivity index (χ0v) is 16.5. The number of para-hydroxylation sites is 1. The van der Waals surface area contributed by atoms with Crippen LogP contribution in [0, 0.1) is 11.3 Å². The van der Waals surface area contributed by atoms with Crippen LogP contribution in [0.4, 0.5) is 5.69 Å². The largest absolute Gasteiger partial charge is 0.489 e. The lowest BCUT2D eigenvalue weighted by atomic mass is 10.1. The van der Waals surface area contributed by atoms with Crippen molar-refractivity contribution >= 4 is 23.5 Å². The first kappa shape index (κ1) is 20.6. The fourth-order valence-corrected chi connectivity index (χ4v) is 2.84. The van der Waals surface area contributed by atoms with Gasteiger partial charge in [-0.05, 0) is 48.4 Å². The number of nitrogens with one attached hydrogen (secondary N) is 1. The third kappa shape index (κ3) is 5.43. The molecule has 148 valence electrons. The monoisotopic (exact) mass is 396 g/mol. The van der Waals surface area contributed by atoms with Crippen LogP contribution in [0.1, 0.15) is 28.4 Å². The maximum Gasteiger partial charge on any atom is 0.266 e. The summed E-state index contributed by atoms with van der Waals surface area (Å²) in [6.07, 6.45) is 1.49. The van der Waals surface area contributed by atoms with E-state index in [4.69, 9.17) is 4.74 Å². The van der Waals surface area contributed by atoms with Gasteiger partial charge in [-0.1, -0.05) is 54.6 Å². The number of hydrogen-bond donors (Lipinski definition) is 1. The van der Waals surface area contributed by atoms with Crippen molar-refractivity contribution in [1.82, 2.24) is 0 Å². The fraction of sp³-hybridized carbons (Fsp3) is 0.0800. The van der Waals surface area contributed by atoms with Crippen LogP contribution in [0.3, 0.4) is 0 Å². The first-order valence-electron chi connectivity index (χ1n) is 9.36. The van der Waals surface area contributed by atoms with E-state index in [1.807, 2.05) is 42.5 Å². The maximum absolute atomic E-state index is 12.6. The van der Waals surface area contributed by atoms with Gasteiger partial charge in [-0.2, -0.15) is 5.26 Å². The van der Waals surface area contributed by atoms with E-state index >= 15 is 0 Å². The Bertz CT molecular complexity index is 1130. The number of anilines is 1. The van der Waals surface area contributed by atoms with Crippen molar-refractivity contribution < 1.29 is 14.3 Å². The zero-order chi connectivity index (χ0) is 21.3. The number of amides is 1. The maximum atomic E-state index is 12.6. The van der Waals surface area contributed by atoms with Gasteiger partial charge in [-0.15, -0.1) is 0 Å². The molecular formula is C25H20N2O3. The summed E-state index contributed by atoms with van der Waals surface area (Å²) in [5.74, 6) is -0.120. The van der Waals surface area contributed by atoms with Gasteiger partial charge in [-0.25, -0.2) is 0 Å². The molecule has 0 spiro atoms. The van der Waals surface area contributed by atoms with E-state index in [1.54, 1.807) is 42.5 Å². The molecule has 3 aromatic carbocycles. The van der Waals surface area contributed by atoms with Crippen LogP contribution >= 0.6 is 0 Å². The molecule has 1 amide bonds. The predicted molar refractivity (Wildman–Crippen MR) is 116 cm³/mol. The second-order valence-corrected chi connectivity index (χ2v) is 6.57. The SMILES string of the molecule is CC(=O)c1ccccc1NC(=O)/C(C#N)=C\c1cccc(OCc2ccccc2)c1. The van der Waals surface area contributed by atoms with Gasteiger partial charge in [0.05, 0.1) is 5.69 Å². The molecule has 5 nitrogen and oxygen atoms in total. The van der Waals surface area contributed by atoms with Gasteiger partial charge >= 0.3 is 0 Å². The van der Waals surface area contributed by atoms with E-state index in [0.717, 1.165) is 5.56 Å². The molecule has 0 saturated carbocycles. The van der Waals surface area contributed by atoms with E-state index < -0.39 is 5.91 Å². The number of nitrogens with zero attached hydrogens (tertiary/aromatic N) is 1. The highest BCUT2D eigenvalue weighted by molar-refractivity contribution is 6.12. The number of Topliss-reactive ketones (excluding diaryl/α,β-unsaturated/α-hetero) is 1. The van der Waals surface area contributed by atoms with Gasteiger partial charge in [0.1, 0.15) is 24.0 Å². The summed E-state index contributed by atoms with van der Waals surface area (Å²) in [5, 5.41) is 12.1. The number of carbonyl (C=O) groups is 2. The van der Waals surface area contributed by atoms with Crippen LogP contribution < -0.4 is 10.1 Å². The van der Waals surface area contributed by atoms with Crippen molar-refractivity contribution in [3.05, 3.63) is 101 Å². The second-order valence-electron chi connectivity index (χ2n) is 6.57. The van der Waals surface area contributed by atoms with E-state index in [0.29, 0.717) is 29.2 Å². The molecule has 0 aliphatic heterocycles. The van der Waals surface area contributed by atoms with Gasteiger partial charge in [0.25, 0.3) is 5.91 Å². The number of nitriles is 1. The standard InChI is InChI=1S/C25H20N2O3/c1-18(28)23-12-5-6-13-24(23)27-25(29)21(16-26)14-20-10-7-11-22(15-20)30-17-19-8-3-2-4-9-19/h2-15H,17H2,1H3,(H,27,29)/b21-14-. The fourth-order valence-electron chi connectivity index (χ4n) is 2.84. The van der Waals surface area contributed by atoms with E-state index in [1.165, 1.54) is 13.0 Å². The lowest BCUT2D eigenvalue weighted by Crippen LogP contribution is -2.15. The summed E-state index contributed by atoms with van der Waals surface area (Å²) >= 11 is 0. The van der Waals surface area contributed by atoms with Crippen LogP contribution in [-0.2, 0) is 11.4 Å². The number of hydrogen-bond acceptors (Lipinski definition) is 4. The normalized spacial score (nSPS) is 10.7. The average molecular weight is 396 g/mol. The van der Waals surface area contributed by atoms with Crippen molar-refractivity contribution in [2.45, 2.75) is 13.5 Å². The lowest BCUT2D eigenvalue weighted by Gasteiger charge is -2.09. The Hall–Kier alpha value is -4.17. The number of ketones is 1. The number of carbonyl (C=O) groups excluding carboxylic acids is 2. The molecule has 1 N–H and O–H groups in total. The molecule has 0 aromatic heterocycles. The van der Waals surface area contributed by atoms with Gasteiger partial charge in [-0.3, -0.25) is 9.59 Å². The molecule has 0 heterocycles. The Labute approximate surface area is 175 Å². The van der Waals surface area contributed by atoms with Crippen molar-refractivity contribution in [2.75, 3.05) is 5.32 Å². The number of rotatable bonds is 7. The predicted octanol–water partition coefficient (Wildman–Crippen LogP) is 5.01. The van der Waals surface area contributed by atoms with Gasteiger partial charge in [0, 0.05) is 5.56 Å². The molecule has 5 heteroatoms. The highest BCUT2D eigenvalue weighted by Crippen LogP contribution is 2.19. The molecule has 0 aliphatic rings. The third-order valence-corrected chi connectivity index (χ3v) is 4.34. The smallest absolute Gasteiger partial charge is 0.266 e. The molecular weight excluding hydrogens is 376 g/mol. The summed E-state index contributed by atoms with van der Waals surface area (Å²) in [5.41, 5.74) is 2.39. The first-order chi connectivity index (χ1) is 14.6. The third-order valence-electron chi connectivity index (χ3n) is 4.34. The molecule has 0 saturated heterocycles. The molecule has 0 radical (unpaired) electrons. The van der Waals surface area contributed by atoms with Crippen molar-refractivity contribution in [1.29, 1.82) is 5.26 Å². The van der Waals surface area contributed by atoms with Crippen molar-refractivity contribution in [3.8, 4) is 11.8 Å². The zero-order valence-electron chi connectivity index (χ0n) is 16.5. The Morgan fingerprint density at radius 2 is 1.73 bits per heavy atom. The number of benzene rings is 3. The Morgan fingerprint density at radius 3 is 2.47 bits per heavy atom. The minimum atomic E-state index is -0.582. The Morgan fingerprint density at radius 1 is 1.00 bits per heavy atom. The second kappa shape index (κ2) is 9.85. The summed E-state index contributed by atoms with van der Waals surface area (Å²) in [4.78, 5) is 24.3. The molecule has 0 fully saturated rings. The minimum absolute atomic E-state index is 0.0754. The quantitative estimate of drug-likeness (QED) is 0.346. The van der Waals surface area contributed by atoms with Crippen molar-refractivity contribution in [2.24, 2.45) is 0 Å². The summed E-state index contributed by atoms with van der Waals surface area (Å²) < 4.78 is 5.80. The van der Waals surface area contributed by atoms with Gasteiger partial charge < -0.3 is 10.1 Å². The van der Waals surface area contributed by atoms with Crippen LogP contribution in [0.25, 0.3) is 6.08 Å². The van der Waals surface area contributed by atoms with Gasteiger partial charge in [0.15, 0.2) is 5.78 Å². The van der Waals surface area contributed by atoms with E-state index in [-0.39, 0.29) is 11.4 Å². The van der Waals surface area contributed by atoms with E-state index in [2.05, 4.69) is 5.32 Å². The molecule has 3 aromatic rings. The van der Waals surface area contributed by atoms with Gasteiger partial charge in [0.2, 0.25) is 0 Å². The molecule has 0 aliphatic carbocycles. The summed E-state index contributed by atoms with van der Waals surface area (Å²) in [7, 11) is 0. The van der Waals surface area contributed by atoms with Crippen LogP contribution in [0.2, 0.25) is 0 Å². The molecule has 30 heavy (non-hydrogen) atoms. The summed E-state index contributed by atoms with van der Waals surface area (Å²) in [6, 6.07) is 25.5. The molecule has 0 unspecified atom stereocenters. The molecule has 0 bridgehead atoms. The Balaban J connectivity index is 1.75. The van der Waals surface area contributed by atoms with Crippen molar-refractivity contribution in [3.63, 3.8) is 0 Å². The Kier molecular flexibility index (Phi) is 6.75. The average Bonchev–Trinajstić information content (AvgIpc) is 2.77. The van der Waals surface area contributed by atoms with Crippen LogP contribution in [-0.4, -0.2) is 11.7 Å². The lowest BCUT2D eigenvalue weighted by molar-refractivity contribution is -0.112. The van der Waals surface area contributed by atoms with E-state index in [9.17, 15) is 14.9 Å². The molecule has 3 rings (SSSR count). The minimum Gasteiger partial charge on any atom is -0.489 e.